The number of aromatic nitrogens is 1. The van der Waals surface area contributed by atoms with E-state index in [9.17, 15) is 14.4 Å². The average molecular weight is 459 g/mol. The lowest BCUT2D eigenvalue weighted by Crippen LogP contribution is -2.45. The molecular formula is C23H29N3O7. The number of hydrogen-bond donors (Lipinski definition) is 0. The lowest BCUT2D eigenvalue weighted by Gasteiger charge is -2.32. The number of benzene rings is 1. The Morgan fingerprint density at radius 2 is 1.88 bits per heavy atom. The summed E-state index contributed by atoms with van der Waals surface area (Å²) in [6.07, 6.45) is 1.11. The van der Waals surface area contributed by atoms with E-state index < -0.39 is 5.91 Å². The molecular weight excluding hydrogens is 430 g/mol. The van der Waals surface area contributed by atoms with Gasteiger partial charge in [0.15, 0.2) is 11.5 Å². The number of likely N-dealkylation sites (tertiary alicyclic amines) is 1. The van der Waals surface area contributed by atoms with Gasteiger partial charge < -0.3 is 28.5 Å². The number of amides is 2. The number of hydrogen-bond acceptors (Lipinski definition) is 8. The van der Waals surface area contributed by atoms with Crippen molar-refractivity contribution in [2.45, 2.75) is 19.8 Å². The predicted molar refractivity (Wildman–Crippen MR) is 118 cm³/mol. The number of ether oxygens (including phenoxy) is 3. The Morgan fingerprint density at radius 1 is 1.15 bits per heavy atom. The molecule has 178 valence electrons. The highest BCUT2D eigenvalue weighted by molar-refractivity contribution is 5.95. The molecule has 1 aromatic carbocycles. The molecule has 0 unspecified atom stereocenters. The van der Waals surface area contributed by atoms with Crippen LogP contribution in [0.1, 0.15) is 30.3 Å². The molecule has 0 atom stereocenters. The van der Waals surface area contributed by atoms with Gasteiger partial charge >= 0.3 is 5.97 Å². The van der Waals surface area contributed by atoms with Gasteiger partial charge in [0.2, 0.25) is 5.91 Å². The summed E-state index contributed by atoms with van der Waals surface area (Å²) in [5.41, 5.74) is 0.665. The molecule has 2 heterocycles. The number of piperidine rings is 1. The van der Waals surface area contributed by atoms with Gasteiger partial charge in [0, 0.05) is 26.2 Å². The molecule has 2 aromatic rings. The Kier molecular flexibility index (Phi) is 7.92. The van der Waals surface area contributed by atoms with Crippen LogP contribution in [0, 0.1) is 5.92 Å². The summed E-state index contributed by atoms with van der Waals surface area (Å²) in [7, 11) is 4.61. The highest BCUT2D eigenvalue weighted by Gasteiger charge is 2.29. The number of likely N-dealkylation sites (N-methyl/N-ethyl adjacent to an activating group) is 1. The highest BCUT2D eigenvalue weighted by Crippen LogP contribution is 2.33. The van der Waals surface area contributed by atoms with Gasteiger partial charge in [0.1, 0.15) is 11.5 Å². The van der Waals surface area contributed by atoms with E-state index in [1.165, 1.54) is 25.1 Å². The van der Waals surface area contributed by atoms with Crippen LogP contribution in [0.5, 0.6) is 11.5 Å². The van der Waals surface area contributed by atoms with Crippen LogP contribution in [0.15, 0.2) is 28.8 Å². The van der Waals surface area contributed by atoms with Gasteiger partial charge in [-0.05, 0) is 38.0 Å². The standard InChI is InChI=1S/C23H29N3O7/c1-5-32-23(29)15-8-10-26(11-9-15)21(27)14-25(2)22(28)18-13-20(33-24-18)17-12-16(30-3)6-7-19(17)31-4/h6-7,12-13,15H,5,8-11,14H2,1-4H3. The van der Waals surface area contributed by atoms with E-state index in [1.54, 1.807) is 37.1 Å². The van der Waals surface area contributed by atoms with Crippen LogP contribution in [-0.2, 0) is 14.3 Å². The summed E-state index contributed by atoms with van der Waals surface area (Å²) in [5, 5.41) is 3.87. The topological polar surface area (TPSA) is 111 Å². The van der Waals surface area contributed by atoms with E-state index in [2.05, 4.69) is 5.16 Å². The van der Waals surface area contributed by atoms with Crippen molar-refractivity contribution in [1.82, 2.24) is 15.0 Å². The van der Waals surface area contributed by atoms with Crippen LogP contribution in [0.3, 0.4) is 0 Å². The van der Waals surface area contributed by atoms with Crippen molar-refractivity contribution in [3.8, 4) is 22.8 Å². The molecule has 0 bridgehead atoms. The fourth-order valence-corrected chi connectivity index (χ4v) is 3.70. The van der Waals surface area contributed by atoms with E-state index >= 15 is 0 Å². The maximum absolute atomic E-state index is 12.8. The second-order valence-corrected chi connectivity index (χ2v) is 7.71. The van der Waals surface area contributed by atoms with E-state index in [1.807, 2.05) is 0 Å². The molecule has 1 fully saturated rings. The average Bonchev–Trinajstić information content (AvgIpc) is 3.33. The van der Waals surface area contributed by atoms with Crippen molar-refractivity contribution in [1.29, 1.82) is 0 Å². The molecule has 10 nitrogen and oxygen atoms in total. The Hall–Kier alpha value is -3.56. The van der Waals surface area contributed by atoms with Crippen molar-refractivity contribution < 1.29 is 33.1 Å². The van der Waals surface area contributed by atoms with Crippen LogP contribution < -0.4 is 9.47 Å². The smallest absolute Gasteiger partial charge is 0.309 e. The first-order valence-corrected chi connectivity index (χ1v) is 10.8. The largest absolute Gasteiger partial charge is 0.497 e. The van der Waals surface area contributed by atoms with Gasteiger partial charge in [-0.3, -0.25) is 14.4 Å². The third-order valence-electron chi connectivity index (χ3n) is 5.59. The first kappa shape index (κ1) is 24.1. The molecule has 0 spiro atoms. The Morgan fingerprint density at radius 3 is 2.52 bits per heavy atom. The molecule has 1 saturated heterocycles. The number of carbonyl (C=O) groups excluding carboxylic acids is 3. The summed E-state index contributed by atoms with van der Waals surface area (Å²) in [6.45, 7) is 2.92. The Labute approximate surface area is 192 Å². The Balaban J connectivity index is 1.61. The van der Waals surface area contributed by atoms with Crippen molar-refractivity contribution in [3.05, 3.63) is 30.0 Å². The van der Waals surface area contributed by atoms with E-state index in [-0.39, 0.29) is 30.0 Å². The minimum absolute atomic E-state index is 0.0752. The van der Waals surface area contributed by atoms with Crippen LogP contribution in [-0.4, -0.2) is 80.2 Å². The third kappa shape index (κ3) is 5.63. The van der Waals surface area contributed by atoms with Crippen molar-refractivity contribution in [2.24, 2.45) is 5.92 Å². The van der Waals surface area contributed by atoms with Crippen LogP contribution in [0.25, 0.3) is 11.3 Å². The number of nitrogens with zero attached hydrogens (tertiary/aromatic N) is 3. The molecule has 0 radical (unpaired) electrons. The quantitative estimate of drug-likeness (QED) is 0.553. The van der Waals surface area contributed by atoms with Gasteiger partial charge in [-0.15, -0.1) is 0 Å². The second-order valence-electron chi connectivity index (χ2n) is 7.71. The minimum atomic E-state index is -0.443. The zero-order valence-electron chi connectivity index (χ0n) is 19.3. The molecule has 0 aliphatic carbocycles. The molecule has 3 rings (SSSR count). The summed E-state index contributed by atoms with van der Waals surface area (Å²) < 4.78 is 21.0. The van der Waals surface area contributed by atoms with Gasteiger partial charge in [-0.2, -0.15) is 0 Å². The second kappa shape index (κ2) is 10.8. The molecule has 1 aliphatic rings. The number of methoxy groups -OCH3 is 2. The fourth-order valence-electron chi connectivity index (χ4n) is 3.70. The highest BCUT2D eigenvalue weighted by atomic mass is 16.5. The molecule has 1 aromatic heterocycles. The first-order chi connectivity index (χ1) is 15.9. The molecule has 2 amide bonds. The van der Waals surface area contributed by atoms with Crippen molar-refractivity contribution in [2.75, 3.05) is 47.5 Å². The van der Waals surface area contributed by atoms with Gasteiger partial charge in [0.25, 0.3) is 5.91 Å². The first-order valence-electron chi connectivity index (χ1n) is 10.8. The minimum Gasteiger partial charge on any atom is -0.497 e. The lowest BCUT2D eigenvalue weighted by atomic mass is 9.97. The summed E-state index contributed by atoms with van der Waals surface area (Å²) in [6, 6.07) is 6.71. The molecule has 0 saturated carbocycles. The van der Waals surface area contributed by atoms with E-state index in [4.69, 9.17) is 18.7 Å². The van der Waals surface area contributed by atoms with Crippen LogP contribution in [0.4, 0.5) is 0 Å². The number of rotatable bonds is 8. The van der Waals surface area contributed by atoms with E-state index in [0.29, 0.717) is 55.4 Å². The molecule has 10 heteroatoms. The SMILES string of the molecule is CCOC(=O)C1CCN(C(=O)CN(C)C(=O)c2cc(-c3cc(OC)ccc3OC)on2)CC1. The number of carbonyl (C=O) groups is 3. The maximum Gasteiger partial charge on any atom is 0.309 e. The monoisotopic (exact) mass is 459 g/mol. The molecule has 33 heavy (non-hydrogen) atoms. The van der Waals surface area contributed by atoms with Crippen molar-refractivity contribution >= 4 is 17.8 Å². The van der Waals surface area contributed by atoms with Gasteiger partial charge in [-0.25, -0.2) is 0 Å². The zero-order valence-corrected chi connectivity index (χ0v) is 19.3. The Bertz CT molecular complexity index is 996. The van der Waals surface area contributed by atoms with E-state index in [0.717, 1.165) is 0 Å². The van der Waals surface area contributed by atoms with Gasteiger partial charge in [0.05, 0.1) is 38.9 Å². The fraction of sp³-hybridized carbons (Fsp3) is 0.478. The number of esters is 1. The van der Waals surface area contributed by atoms with Crippen LogP contribution in [0.2, 0.25) is 0 Å². The van der Waals surface area contributed by atoms with Gasteiger partial charge in [-0.1, -0.05) is 5.16 Å². The van der Waals surface area contributed by atoms with Crippen molar-refractivity contribution in [3.63, 3.8) is 0 Å². The van der Waals surface area contributed by atoms with Crippen LogP contribution >= 0.6 is 0 Å². The maximum atomic E-state index is 12.8. The molecule has 0 N–H and O–H groups in total. The summed E-state index contributed by atoms with van der Waals surface area (Å²) in [5.74, 6) is 0.454. The zero-order chi connectivity index (χ0) is 24.0. The summed E-state index contributed by atoms with van der Waals surface area (Å²) in [4.78, 5) is 40.3. The lowest BCUT2D eigenvalue weighted by molar-refractivity contribution is -0.151. The third-order valence-corrected chi connectivity index (χ3v) is 5.59. The summed E-state index contributed by atoms with van der Waals surface area (Å²) >= 11 is 0. The molecule has 1 aliphatic heterocycles. The normalized spacial score (nSPS) is 14.0. The predicted octanol–water partition coefficient (Wildman–Crippen LogP) is 2.23.